The zero-order chi connectivity index (χ0) is 21.4. The molecule has 0 aliphatic carbocycles. The number of hydrogen-bond acceptors (Lipinski definition) is 4. The van der Waals surface area contributed by atoms with Crippen LogP contribution in [0.4, 0.5) is 0 Å². The van der Waals surface area contributed by atoms with Crippen LogP contribution in [-0.4, -0.2) is 31.7 Å². The fourth-order valence-corrected chi connectivity index (χ4v) is 4.13. The number of benzene rings is 2. The van der Waals surface area contributed by atoms with Gasteiger partial charge in [0.25, 0.3) is 11.7 Å². The normalized spacial score (nSPS) is 18.1. The molecular weight excluding hydrogens is 390 g/mol. The smallest absolute Gasteiger partial charge is 0.295 e. The monoisotopic (exact) mass is 409 g/mol. The highest BCUT2D eigenvalue weighted by Gasteiger charge is 2.46. The molecule has 1 saturated heterocycles. The van der Waals surface area contributed by atoms with Crippen molar-refractivity contribution in [3.8, 4) is 0 Å². The third-order valence-electron chi connectivity index (χ3n) is 5.58. The molecule has 1 unspecified atom stereocenters. The summed E-state index contributed by atoms with van der Waals surface area (Å²) < 4.78 is 0. The van der Waals surface area contributed by atoms with E-state index in [1.165, 1.54) is 4.90 Å². The number of ketones is 1. The minimum atomic E-state index is -0.725. The van der Waals surface area contributed by atoms with E-state index in [1.807, 2.05) is 36.4 Å². The first-order valence-electron chi connectivity index (χ1n) is 9.94. The number of nitrogens with one attached hydrogen (secondary N) is 1. The summed E-state index contributed by atoms with van der Waals surface area (Å²) in [6.07, 6.45) is 5.13. The highest BCUT2D eigenvalue weighted by Crippen LogP contribution is 2.42. The van der Waals surface area contributed by atoms with E-state index >= 15 is 0 Å². The zero-order valence-corrected chi connectivity index (χ0v) is 16.5. The van der Waals surface area contributed by atoms with Crippen molar-refractivity contribution < 1.29 is 14.7 Å². The van der Waals surface area contributed by atoms with Crippen molar-refractivity contribution in [2.45, 2.75) is 12.6 Å². The molecule has 31 heavy (non-hydrogen) atoms. The molecule has 1 amide bonds. The van der Waals surface area contributed by atoms with Crippen molar-refractivity contribution in [2.24, 2.45) is 0 Å². The first kappa shape index (κ1) is 18.8. The predicted octanol–water partition coefficient (Wildman–Crippen LogP) is 4.18. The Bertz CT molecular complexity index is 1310. The molecule has 3 heterocycles. The van der Waals surface area contributed by atoms with Gasteiger partial charge in [0.15, 0.2) is 0 Å². The van der Waals surface area contributed by atoms with Gasteiger partial charge in [-0.3, -0.25) is 14.6 Å². The number of rotatable bonds is 4. The number of hydrogen-bond donors (Lipinski definition) is 2. The molecule has 2 aromatic heterocycles. The van der Waals surface area contributed by atoms with Gasteiger partial charge in [0.2, 0.25) is 0 Å². The first-order valence-corrected chi connectivity index (χ1v) is 9.94. The van der Waals surface area contributed by atoms with Crippen molar-refractivity contribution in [1.82, 2.24) is 14.9 Å². The number of aromatic nitrogens is 2. The minimum Gasteiger partial charge on any atom is -0.507 e. The Kier molecular flexibility index (Phi) is 4.59. The second-order valence-electron chi connectivity index (χ2n) is 7.44. The molecule has 5 rings (SSSR count). The number of pyridine rings is 1. The van der Waals surface area contributed by atoms with Crippen LogP contribution >= 0.6 is 0 Å². The molecule has 0 spiro atoms. The second kappa shape index (κ2) is 7.57. The molecule has 1 atom stereocenters. The Labute approximate surface area is 178 Å². The number of nitrogens with zero attached hydrogens (tertiary/aromatic N) is 2. The largest absolute Gasteiger partial charge is 0.507 e. The van der Waals surface area contributed by atoms with Crippen LogP contribution in [0.25, 0.3) is 16.7 Å². The lowest BCUT2D eigenvalue weighted by Crippen LogP contribution is -2.29. The molecule has 6 heteroatoms. The van der Waals surface area contributed by atoms with Crippen molar-refractivity contribution in [3.05, 3.63) is 108 Å². The van der Waals surface area contributed by atoms with E-state index in [2.05, 4.69) is 9.97 Å². The lowest BCUT2D eigenvalue weighted by molar-refractivity contribution is -0.140. The van der Waals surface area contributed by atoms with Crippen LogP contribution in [0.3, 0.4) is 0 Å². The van der Waals surface area contributed by atoms with E-state index in [4.69, 9.17) is 0 Å². The summed E-state index contributed by atoms with van der Waals surface area (Å²) >= 11 is 0. The van der Waals surface area contributed by atoms with Crippen LogP contribution in [0.1, 0.15) is 22.7 Å². The van der Waals surface area contributed by atoms with Gasteiger partial charge < -0.3 is 15.0 Å². The van der Waals surface area contributed by atoms with Crippen LogP contribution in [0.2, 0.25) is 0 Å². The maximum Gasteiger partial charge on any atom is 0.295 e. The first-order chi connectivity index (χ1) is 15.1. The number of carbonyl (C=O) groups excluding carboxylic acids is 2. The molecule has 2 aromatic carbocycles. The molecule has 1 aliphatic rings. The molecule has 0 bridgehead atoms. The minimum absolute atomic E-state index is 0.0878. The quantitative estimate of drug-likeness (QED) is 0.301. The number of aliphatic hydroxyl groups is 1. The molecule has 152 valence electrons. The number of para-hydroxylation sites is 1. The fraction of sp³-hybridized carbons (Fsp3) is 0.0800. The third kappa shape index (κ3) is 3.18. The van der Waals surface area contributed by atoms with E-state index in [-0.39, 0.29) is 17.9 Å². The van der Waals surface area contributed by atoms with Gasteiger partial charge in [-0.1, -0.05) is 54.6 Å². The van der Waals surface area contributed by atoms with E-state index in [0.717, 1.165) is 22.0 Å². The average molecular weight is 409 g/mol. The lowest BCUT2D eigenvalue weighted by Gasteiger charge is -2.25. The summed E-state index contributed by atoms with van der Waals surface area (Å²) in [4.78, 5) is 35.1. The SMILES string of the molecule is O=C1C(=O)N(Cc2cccnc2)C(c2c[nH]c3ccccc23)/C1=C(\O)c1ccccc1. The third-order valence-corrected chi connectivity index (χ3v) is 5.58. The number of H-pyrrole nitrogens is 1. The maximum absolute atomic E-state index is 13.1. The summed E-state index contributed by atoms with van der Waals surface area (Å²) in [7, 11) is 0. The van der Waals surface area contributed by atoms with Crippen LogP contribution in [-0.2, 0) is 16.1 Å². The number of carbonyl (C=O) groups is 2. The van der Waals surface area contributed by atoms with Gasteiger partial charge in [-0.05, 0) is 17.7 Å². The Balaban J connectivity index is 1.71. The molecule has 2 N–H and O–H groups in total. The topological polar surface area (TPSA) is 86.3 Å². The highest BCUT2D eigenvalue weighted by atomic mass is 16.3. The maximum atomic E-state index is 13.1. The Hall–Kier alpha value is -4.19. The summed E-state index contributed by atoms with van der Waals surface area (Å²) in [5, 5.41) is 12.0. The molecule has 6 nitrogen and oxygen atoms in total. The Morgan fingerprint density at radius 3 is 2.55 bits per heavy atom. The van der Waals surface area contributed by atoms with Gasteiger partial charge in [0.1, 0.15) is 5.76 Å². The van der Waals surface area contributed by atoms with Crippen LogP contribution in [0.15, 0.2) is 90.9 Å². The number of fused-ring (bicyclic) bond motifs is 1. The van der Waals surface area contributed by atoms with E-state index in [0.29, 0.717) is 5.56 Å². The summed E-state index contributed by atoms with van der Waals surface area (Å²) in [5.74, 6) is -1.51. The van der Waals surface area contributed by atoms with Crippen molar-refractivity contribution >= 4 is 28.4 Å². The van der Waals surface area contributed by atoms with Crippen molar-refractivity contribution in [2.75, 3.05) is 0 Å². The van der Waals surface area contributed by atoms with Crippen molar-refractivity contribution in [1.29, 1.82) is 0 Å². The van der Waals surface area contributed by atoms with Crippen LogP contribution < -0.4 is 0 Å². The summed E-state index contributed by atoms with van der Waals surface area (Å²) in [5.41, 5.74) is 3.03. The Morgan fingerprint density at radius 2 is 1.77 bits per heavy atom. The number of likely N-dealkylation sites (tertiary alicyclic amines) is 1. The van der Waals surface area contributed by atoms with E-state index < -0.39 is 17.7 Å². The van der Waals surface area contributed by atoms with Gasteiger partial charge in [0.05, 0.1) is 11.6 Å². The van der Waals surface area contributed by atoms with Crippen molar-refractivity contribution in [3.63, 3.8) is 0 Å². The molecule has 1 fully saturated rings. The molecule has 4 aromatic rings. The molecule has 1 aliphatic heterocycles. The van der Waals surface area contributed by atoms with Crippen LogP contribution in [0.5, 0.6) is 0 Å². The van der Waals surface area contributed by atoms with E-state index in [1.54, 1.807) is 48.9 Å². The van der Waals surface area contributed by atoms with Gasteiger partial charge in [-0.25, -0.2) is 0 Å². The number of aliphatic hydroxyl groups excluding tert-OH is 1. The Morgan fingerprint density at radius 1 is 1.00 bits per heavy atom. The van der Waals surface area contributed by atoms with Gasteiger partial charge in [-0.2, -0.15) is 0 Å². The number of amides is 1. The summed E-state index contributed by atoms with van der Waals surface area (Å²) in [6.45, 7) is 0.203. The van der Waals surface area contributed by atoms with Gasteiger partial charge in [0, 0.05) is 47.2 Å². The number of Topliss-reactive ketones (excluding diaryl/α,β-unsaturated/α-hetero) is 1. The fourth-order valence-electron chi connectivity index (χ4n) is 4.13. The van der Waals surface area contributed by atoms with Crippen LogP contribution in [0, 0.1) is 0 Å². The molecule has 0 radical (unpaired) electrons. The average Bonchev–Trinajstić information content (AvgIpc) is 3.34. The summed E-state index contributed by atoms with van der Waals surface area (Å²) in [6, 6.07) is 19.4. The predicted molar refractivity (Wildman–Crippen MR) is 117 cm³/mol. The second-order valence-corrected chi connectivity index (χ2v) is 7.44. The van der Waals surface area contributed by atoms with E-state index in [9.17, 15) is 14.7 Å². The molecular formula is C25H19N3O3. The lowest BCUT2D eigenvalue weighted by atomic mass is 9.95. The van der Waals surface area contributed by atoms with Gasteiger partial charge >= 0.3 is 0 Å². The van der Waals surface area contributed by atoms with Gasteiger partial charge in [-0.15, -0.1) is 0 Å². The molecule has 0 saturated carbocycles. The highest BCUT2D eigenvalue weighted by molar-refractivity contribution is 6.46. The number of aromatic amines is 1. The zero-order valence-electron chi connectivity index (χ0n) is 16.5. The standard InChI is InChI=1S/C25H19N3O3/c29-23(17-8-2-1-3-9-17)21-22(19-14-27-20-11-5-4-10-18(19)20)28(25(31)24(21)30)15-16-7-6-12-26-13-16/h1-14,22,27,29H,15H2/b23-21+.